The molecule has 0 radical (unpaired) electrons. The standard InChI is InChI=1S/C18H26N2O6/c1-4-5-10-19-18(23)20-16(21)12-26-17(22)9-7-13-6-8-14(24-2)15(11-13)25-3/h6,8,11H,4-5,7,9-10,12H2,1-3H3,(H2,19,20,21,23). The number of urea groups is 1. The molecule has 26 heavy (non-hydrogen) atoms. The van der Waals surface area contributed by atoms with Gasteiger partial charge in [-0.25, -0.2) is 4.79 Å². The molecule has 0 aromatic heterocycles. The molecule has 144 valence electrons. The third kappa shape index (κ3) is 7.87. The van der Waals surface area contributed by atoms with E-state index in [1.807, 2.05) is 13.0 Å². The van der Waals surface area contributed by atoms with Gasteiger partial charge in [-0.05, 0) is 30.5 Å². The molecule has 1 aromatic rings. The smallest absolute Gasteiger partial charge is 0.321 e. The number of carbonyl (C=O) groups excluding carboxylic acids is 3. The van der Waals surface area contributed by atoms with Crippen LogP contribution >= 0.6 is 0 Å². The van der Waals surface area contributed by atoms with Crippen LogP contribution in [0.5, 0.6) is 11.5 Å². The van der Waals surface area contributed by atoms with Crippen LogP contribution in [0, 0.1) is 0 Å². The Morgan fingerprint density at radius 1 is 1.08 bits per heavy atom. The van der Waals surface area contributed by atoms with Crippen molar-refractivity contribution in [3.05, 3.63) is 23.8 Å². The van der Waals surface area contributed by atoms with Crippen LogP contribution in [0.4, 0.5) is 4.79 Å². The van der Waals surface area contributed by atoms with Crippen LogP contribution in [0.3, 0.4) is 0 Å². The first-order valence-corrected chi connectivity index (χ1v) is 8.44. The molecular formula is C18H26N2O6. The molecule has 0 heterocycles. The summed E-state index contributed by atoms with van der Waals surface area (Å²) in [5.74, 6) is -0.0145. The number of nitrogens with one attached hydrogen (secondary N) is 2. The van der Waals surface area contributed by atoms with Gasteiger partial charge in [0, 0.05) is 13.0 Å². The monoisotopic (exact) mass is 366 g/mol. The van der Waals surface area contributed by atoms with Crippen LogP contribution in [-0.2, 0) is 20.7 Å². The molecule has 8 nitrogen and oxygen atoms in total. The number of methoxy groups -OCH3 is 2. The Bertz CT molecular complexity index is 618. The lowest BCUT2D eigenvalue weighted by atomic mass is 10.1. The van der Waals surface area contributed by atoms with Crippen molar-refractivity contribution in [3.63, 3.8) is 0 Å². The Balaban J connectivity index is 2.32. The number of benzene rings is 1. The largest absolute Gasteiger partial charge is 0.493 e. The molecule has 1 aromatic carbocycles. The molecule has 3 amide bonds. The van der Waals surface area contributed by atoms with E-state index in [0.29, 0.717) is 24.5 Å². The van der Waals surface area contributed by atoms with Crippen LogP contribution in [0.2, 0.25) is 0 Å². The minimum Gasteiger partial charge on any atom is -0.493 e. The van der Waals surface area contributed by atoms with E-state index in [1.54, 1.807) is 19.2 Å². The summed E-state index contributed by atoms with van der Waals surface area (Å²) in [4.78, 5) is 34.7. The number of amides is 3. The van der Waals surface area contributed by atoms with Gasteiger partial charge >= 0.3 is 12.0 Å². The van der Waals surface area contributed by atoms with Crippen molar-refractivity contribution in [2.45, 2.75) is 32.6 Å². The molecular weight excluding hydrogens is 340 g/mol. The molecule has 0 bridgehead atoms. The van der Waals surface area contributed by atoms with Crippen molar-refractivity contribution in [1.29, 1.82) is 0 Å². The highest BCUT2D eigenvalue weighted by Crippen LogP contribution is 2.27. The number of rotatable bonds is 10. The molecule has 0 saturated carbocycles. The van der Waals surface area contributed by atoms with Crippen molar-refractivity contribution in [1.82, 2.24) is 10.6 Å². The second kappa shape index (κ2) is 11.7. The topological polar surface area (TPSA) is 103 Å². The van der Waals surface area contributed by atoms with E-state index < -0.39 is 24.5 Å². The lowest BCUT2D eigenvalue weighted by Crippen LogP contribution is -2.41. The third-order valence-corrected chi connectivity index (χ3v) is 3.50. The summed E-state index contributed by atoms with van der Waals surface area (Å²) in [5.41, 5.74) is 0.874. The van der Waals surface area contributed by atoms with Gasteiger partial charge in [0.25, 0.3) is 5.91 Å². The van der Waals surface area contributed by atoms with Gasteiger partial charge in [0.15, 0.2) is 18.1 Å². The number of esters is 1. The third-order valence-electron chi connectivity index (χ3n) is 3.50. The average Bonchev–Trinajstić information content (AvgIpc) is 2.64. The summed E-state index contributed by atoms with van der Waals surface area (Å²) in [6.45, 7) is 1.99. The second-order valence-electron chi connectivity index (χ2n) is 5.51. The maximum Gasteiger partial charge on any atom is 0.321 e. The van der Waals surface area contributed by atoms with E-state index in [1.165, 1.54) is 7.11 Å². The zero-order valence-electron chi connectivity index (χ0n) is 15.4. The molecule has 0 aliphatic carbocycles. The summed E-state index contributed by atoms with van der Waals surface area (Å²) >= 11 is 0. The van der Waals surface area contributed by atoms with E-state index in [0.717, 1.165) is 18.4 Å². The van der Waals surface area contributed by atoms with Crippen molar-refractivity contribution in [3.8, 4) is 11.5 Å². The number of aryl methyl sites for hydroxylation is 1. The molecule has 1 rings (SSSR count). The van der Waals surface area contributed by atoms with Crippen LogP contribution < -0.4 is 20.1 Å². The number of hydrogen-bond donors (Lipinski definition) is 2. The summed E-state index contributed by atoms with van der Waals surface area (Å²) < 4.78 is 15.2. The molecule has 8 heteroatoms. The van der Waals surface area contributed by atoms with Gasteiger partial charge in [0.2, 0.25) is 0 Å². The average molecular weight is 366 g/mol. The highest BCUT2D eigenvalue weighted by atomic mass is 16.5. The highest BCUT2D eigenvalue weighted by molar-refractivity contribution is 5.95. The van der Waals surface area contributed by atoms with E-state index in [-0.39, 0.29) is 6.42 Å². The molecule has 0 saturated heterocycles. The first-order valence-electron chi connectivity index (χ1n) is 8.44. The van der Waals surface area contributed by atoms with Gasteiger partial charge in [0.05, 0.1) is 14.2 Å². The fourth-order valence-corrected chi connectivity index (χ4v) is 2.09. The van der Waals surface area contributed by atoms with Crippen LogP contribution in [-0.4, -0.2) is 45.3 Å². The Labute approximate surface area is 153 Å². The predicted molar refractivity (Wildman–Crippen MR) is 95.3 cm³/mol. The summed E-state index contributed by atoms with van der Waals surface area (Å²) in [6.07, 6.45) is 2.29. The lowest BCUT2D eigenvalue weighted by molar-refractivity contribution is -0.148. The van der Waals surface area contributed by atoms with E-state index in [2.05, 4.69) is 10.6 Å². The zero-order valence-corrected chi connectivity index (χ0v) is 15.4. The van der Waals surface area contributed by atoms with Crippen LogP contribution in [0.25, 0.3) is 0 Å². The molecule has 0 unspecified atom stereocenters. The molecule has 0 spiro atoms. The van der Waals surface area contributed by atoms with Gasteiger partial charge in [-0.1, -0.05) is 19.4 Å². The van der Waals surface area contributed by atoms with Gasteiger partial charge in [0.1, 0.15) is 0 Å². The van der Waals surface area contributed by atoms with E-state index in [9.17, 15) is 14.4 Å². The van der Waals surface area contributed by atoms with Gasteiger partial charge in [-0.3, -0.25) is 14.9 Å². The lowest BCUT2D eigenvalue weighted by Gasteiger charge is -2.09. The van der Waals surface area contributed by atoms with Crippen molar-refractivity contribution in [2.24, 2.45) is 0 Å². The minimum absolute atomic E-state index is 0.103. The van der Waals surface area contributed by atoms with E-state index in [4.69, 9.17) is 14.2 Å². The van der Waals surface area contributed by atoms with Gasteiger partial charge < -0.3 is 19.5 Å². The number of ether oxygens (including phenoxy) is 3. The summed E-state index contributed by atoms with van der Waals surface area (Å²) in [5, 5.41) is 4.63. The fourth-order valence-electron chi connectivity index (χ4n) is 2.09. The zero-order chi connectivity index (χ0) is 19.4. The number of imide groups is 1. The maximum absolute atomic E-state index is 11.7. The van der Waals surface area contributed by atoms with Gasteiger partial charge in [-0.2, -0.15) is 0 Å². The first-order chi connectivity index (χ1) is 12.5. The number of hydrogen-bond acceptors (Lipinski definition) is 6. The first kappa shape index (κ1) is 21.3. The fraction of sp³-hybridized carbons (Fsp3) is 0.500. The van der Waals surface area contributed by atoms with Crippen molar-refractivity contribution in [2.75, 3.05) is 27.4 Å². The Hall–Kier alpha value is -2.77. The molecule has 2 N–H and O–H groups in total. The normalized spacial score (nSPS) is 9.96. The highest BCUT2D eigenvalue weighted by Gasteiger charge is 2.11. The molecule has 0 aliphatic rings. The summed E-state index contributed by atoms with van der Waals surface area (Å²) in [6, 6.07) is 4.76. The SMILES string of the molecule is CCCCNC(=O)NC(=O)COC(=O)CCc1ccc(OC)c(OC)c1. The van der Waals surface area contributed by atoms with Crippen molar-refractivity contribution >= 4 is 17.9 Å². The Morgan fingerprint density at radius 3 is 2.46 bits per heavy atom. The predicted octanol–water partition coefficient (Wildman–Crippen LogP) is 1.81. The molecule has 0 atom stereocenters. The maximum atomic E-state index is 11.7. The number of unbranched alkanes of at least 4 members (excludes halogenated alkanes) is 1. The Morgan fingerprint density at radius 2 is 1.81 bits per heavy atom. The van der Waals surface area contributed by atoms with E-state index >= 15 is 0 Å². The summed E-state index contributed by atoms with van der Waals surface area (Å²) in [7, 11) is 3.08. The Kier molecular flexibility index (Phi) is 9.59. The van der Waals surface area contributed by atoms with Crippen LogP contribution in [0.1, 0.15) is 31.7 Å². The molecule has 0 fully saturated rings. The quantitative estimate of drug-likeness (QED) is 0.483. The number of carbonyl (C=O) groups is 3. The van der Waals surface area contributed by atoms with Crippen LogP contribution in [0.15, 0.2) is 18.2 Å². The van der Waals surface area contributed by atoms with Gasteiger partial charge in [-0.15, -0.1) is 0 Å². The van der Waals surface area contributed by atoms with Crippen molar-refractivity contribution < 1.29 is 28.6 Å². The molecule has 0 aliphatic heterocycles. The second-order valence-corrected chi connectivity index (χ2v) is 5.51. The minimum atomic E-state index is -0.668.